The van der Waals surface area contributed by atoms with E-state index in [2.05, 4.69) is 24.4 Å². The summed E-state index contributed by atoms with van der Waals surface area (Å²) >= 11 is 0. The molecule has 0 saturated heterocycles. The molecule has 2 aliphatic rings. The van der Waals surface area contributed by atoms with Gasteiger partial charge < -0.3 is 9.47 Å². The molecule has 2 aliphatic heterocycles. The smallest absolute Gasteiger partial charge is 0.243 e. The van der Waals surface area contributed by atoms with Gasteiger partial charge in [0.1, 0.15) is 5.75 Å². The highest BCUT2D eigenvalue weighted by Crippen LogP contribution is 2.29. The van der Waals surface area contributed by atoms with E-state index in [4.69, 9.17) is 19.7 Å². The maximum Gasteiger partial charge on any atom is 0.243 e. The average Bonchev–Trinajstić information content (AvgIpc) is 3.35. The fourth-order valence-electron chi connectivity index (χ4n) is 5.15. The summed E-state index contributed by atoms with van der Waals surface area (Å²) in [7, 11) is 1.64. The first kappa shape index (κ1) is 27.4. The van der Waals surface area contributed by atoms with Gasteiger partial charge in [-0.2, -0.15) is 15.3 Å². The number of pyridine rings is 1. The van der Waals surface area contributed by atoms with E-state index in [0.717, 1.165) is 52.4 Å². The number of nitrogens with one attached hydrogen (secondary N) is 1. The molecule has 1 unspecified atom stereocenters. The summed E-state index contributed by atoms with van der Waals surface area (Å²) in [4.78, 5) is 24.2. The van der Waals surface area contributed by atoms with Gasteiger partial charge >= 0.3 is 0 Å². The molecule has 0 aliphatic carbocycles. The van der Waals surface area contributed by atoms with Crippen LogP contribution in [0, 0.1) is 5.92 Å². The number of carbonyl (C=O) groups excluding carboxylic acids is 2. The maximum absolute atomic E-state index is 12.7. The van der Waals surface area contributed by atoms with Crippen molar-refractivity contribution in [2.45, 2.75) is 58.8 Å². The zero-order chi connectivity index (χ0) is 28.2. The van der Waals surface area contributed by atoms with Gasteiger partial charge in [0.05, 0.1) is 36.4 Å². The molecule has 4 heterocycles. The van der Waals surface area contributed by atoms with Crippen LogP contribution < -0.4 is 14.9 Å². The minimum absolute atomic E-state index is 0.0384. The number of benzene rings is 1. The Morgan fingerprint density at radius 2 is 1.88 bits per heavy atom. The van der Waals surface area contributed by atoms with Gasteiger partial charge in [-0.1, -0.05) is 26.8 Å². The molecule has 0 spiro atoms. The molecule has 10 nitrogen and oxygen atoms in total. The molecule has 0 radical (unpaired) electrons. The fraction of sp³-hybridized carbons (Fsp3) is 0.433. The summed E-state index contributed by atoms with van der Waals surface area (Å²) < 4.78 is 13.3. The second-order valence-corrected chi connectivity index (χ2v) is 10.6. The zero-order valence-electron chi connectivity index (χ0n) is 23.5. The molecular formula is C30H36N6O4. The molecule has 2 amide bonds. The number of hydrogen-bond donors (Lipinski definition) is 1. The lowest BCUT2D eigenvalue weighted by molar-refractivity contribution is -0.131. The third-order valence-electron chi connectivity index (χ3n) is 7.24. The Hall–Kier alpha value is -4.21. The second kappa shape index (κ2) is 11.9. The minimum atomic E-state index is -0.0548. The summed E-state index contributed by atoms with van der Waals surface area (Å²) in [5, 5.41) is 15.4. The molecule has 0 saturated carbocycles. The number of nitrogens with zero attached hydrogens (tertiary/aromatic N) is 5. The van der Waals surface area contributed by atoms with Gasteiger partial charge in [0.15, 0.2) is 0 Å². The summed E-state index contributed by atoms with van der Waals surface area (Å²) in [6.07, 6.45) is 3.01. The van der Waals surface area contributed by atoms with Gasteiger partial charge in [-0.15, -0.1) is 0 Å². The monoisotopic (exact) mass is 544 g/mol. The first-order valence-corrected chi connectivity index (χ1v) is 13.9. The Balaban J connectivity index is 1.19. The van der Waals surface area contributed by atoms with E-state index in [1.807, 2.05) is 53.9 Å². The third-order valence-corrected chi connectivity index (χ3v) is 7.24. The largest absolute Gasteiger partial charge is 0.494 e. The quantitative estimate of drug-likeness (QED) is 0.378. The number of hydrogen-bond acceptors (Lipinski definition) is 7. The number of fused-ring (bicyclic) bond motifs is 1. The molecule has 2 aromatic heterocycles. The van der Waals surface area contributed by atoms with Crippen LogP contribution >= 0.6 is 0 Å². The molecule has 40 heavy (non-hydrogen) atoms. The Kier molecular flexibility index (Phi) is 8.14. The molecule has 1 atom stereocenters. The van der Waals surface area contributed by atoms with Gasteiger partial charge in [0.2, 0.25) is 17.7 Å². The van der Waals surface area contributed by atoms with Crippen LogP contribution in [0.25, 0.3) is 5.52 Å². The number of hydrazone groups is 2. The van der Waals surface area contributed by atoms with Crippen molar-refractivity contribution in [1.29, 1.82) is 0 Å². The lowest BCUT2D eigenvalue weighted by atomic mass is 9.94. The highest BCUT2D eigenvalue weighted by atomic mass is 16.5. The summed E-state index contributed by atoms with van der Waals surface area (Å²) in [6.45, 7) is 7.30. The van der Waals surface area contributed by atoms with E-state index in [0.29, 0.717) is 38.3 Å². The Bertz CT molecular complexity index is 1460. The Morgan fingerprint density at radius 1 is 1.07 bits per heavy atom. The molecule has 0 fully saturated rings. The molecule has 3 aromatic rings. The maximum atomic E-state index is 12.7. The van der Waals surface area contributed by atoms with E-state index in [-0.39, 0.29) is 23.7 Å². The zero-order valence-corrected chi connectivity index (χ0v) is 23.5. The van der Waals surface area contributed by atoms with Crippen LogP contribution in [0.2, 0.25) is 0 Å². The molecular weight excluding hydrogens is 508 g/mol. The highest BCUT2D eigenvalue weighted by molar-refractivity contribution is 6.10. The van der Waals surface area contributed by atoms with E-state index in [1.54, 1.807) is 12.1 Å². The summed E-state index contributed by atoms with van der Waals surface area (Å²) in [6, 6.07) is 13.6. The standard InChI is InChI=1S/C30H36N6O4/c1-19(2)29-28(24-8-7-9-27(39-4)36(24)34-29)23-14-15-26(38)35(33-23)16-5-6-17-40-22-12-10-21(11-13-22)30-20(3)18-25(37)31-32-30/h7-13,19-20H,5-6,14-18H2,1-4H3,(H,31,37). The van der Waals surface area contributed by atoms with Crippen molar-refractivity contribution in [2.24, 2.45) is 16.1 Å². The molecule has 210 valence electrons. The predicted molar refractivity (Wildman–Crippen MR) is 153 cm³/mol. The normalized spacial score (nSPS) is 17.6. The van der Waals surface area contributed by atoms with Crippen LogP contribution in [0.3, 0.4) is 0 Å². The Morgan fingerprint density at radius 3 is 2.60 bits per heavy atom. The first-order valence-electron chi connectivity index (χ1n) is 13.9. The summed E-state index contributed by atoms with van der Waals surface area (Å²) in [5.41, 5.74) is 8.18. The molecule has 5 rings (SSSR count). The molecule has 10 heteroatoms. The van der Waals surface area contributed by atoms with Crippen molar-refractivity contribution in [3.63, 3.8) is 0 Å². The highest BCUT2D eigenvalue weighted by Gasteiger charge is 2.27. The number of aromatic nitrogens is 2. The van der Waals surface area contributed by atoms with E-state index >= 15 is 0 Å². The Labute approximate surface area is 234 Å². The lowest BCUT2D eigenvalue weighted by Gasteiger charge is -2.24. The molecule has 1 aromatic carbocycles. The van der Waals surface area contributed by atoms with E-state index in [1.165, 1.54) is 0 Å². The van der Waals surface area contributed by atoms with Crippen molar-refractivity contribution in [2.75, 3.05) is 20.3 Å². The van der Waals surface area contributed by atoms with Gasteiger partial charge in [-0.25, -0.2) is 15.0 Å². The molecule has 1 N–H and O–H groups in total. The number of amides is 2. The number of carbonyl (C=O) groups is 2. The third kappa shape index (κ3) is 5.71. The van der Waals surface area contributed by atoms with Crippen LogP contribution in [0.4, 0.5) is 0 Å². The topological polar surface area (TPSA) is 110 Å². The van der Waals surface area contributed by atoms with E-state index < -0.39 is 0 Å². The van der Waals surface area contributed by atoms with Crippen molar-refractivity contribution in [3.8, 4) is 11.6 Å². The van der Waals surface area contributed by atoms with Gasteiger partial charge in [0, 0.05) is 43.4 Å². The van der Waals surface area contributed by atoms with Crippen LogP contribution in [0.15, 0.2) is 52.7 Å². The van der Waals surface area contributed by atoms with Crippen LogP contribution in [0.1, 0.15) is 75.6 Å². The number of methoxy groups -OCH3 is 1. The van der Waals surface area contributed by atoms with Crippen LogP contribution in [0.5, 0.6) is 11.6 Å². The van der Waals surface area contributed by atoms with Gasteiger partial charge in [-0.3, -0.25) is 9.59 Å². The minimum Gasteiger partial charge on any atom is -0.494 e. The van der Waals surface area contributed by atoms with Gasteiger partial charge in [-0.05, 0) is 54.7 Å². The van der Waals surface area contributed by atoms with Crippen molar-refractivity contribution >= 4 is 28.8 Å². The van der Waals surface area contributed by atoms with Crippen LogP contribution in [-0.4, -0.2) is 58.1 Å². The summed E-state index contributed by atoms with van der Waals surface area (Å²) in [5.74, 6) is 1.69. The predicted octanol–water partition coefficient (Wildman–Crippen LogP) is 4.51. The second-order valence-electron chi connectivity index (χ2n) is 10.6. The number of ether oxygens (including phenoxy) is 2. The van der Waals surface area contributed by atoms with Gasteiger partial charge in [0.25, 0.3) is 0 Å². The fourth-order valence-corrected chi connectivity index (χ4v) is 5.15. The molecule has 0 bridgehead atoms. The van der Waals surface area contributed by atoms with Crippen molar-refractivity contribution in [3.05, 3.63) is 59.3 Å². The SMILES string of the molecule is COc1cccc2c(C3=NN(CCCCOc4ccc(C5=NNC(=O)CC5C)cc4)C(=O)CC3)c(C(C)C)nn12. The number of unbranched alkanes of at least 4 members (excludes halogenated alkanes) is 1. The van der Waals surface area contributed by atoms with Crippen LogP contribution in [-0.2, 0) is 9.59 Å². The lowest BCUT2D eigenvalue weighted by Crippen LogP contribution is -2.33. The average molecular weight is 545 g/mol. The first-order chi connectivity index (χ1) is 19.4. The van der Waals surface area contributed by atoms with Crippen molar-refractivity contribution in [1.82, 2.24) is 20.0 Å². The van der Waals surface area contributed by atoms with E-state index in [9.17, 15) is 9.59 Å². The van der Waals surface area contributed by atoms with Crippen molar-refractivity contribution < 1.29 is 19.1 Å². The number of rotatable bonds is 10.